The highest BCUT2D eigenvalue weighted by atomic mass is 32.2. The summed E-state index contributed by atoms with van der Waals surface area (Å²) in [5.41, 5.74) is 0.0985. The molecule has 0 aliphatic heterocycles. The Bertz CT molecular complexity index is 610. The Hall–Kier alpha value is -1.20. The molecule has 5 heteroatoms. The van der Waals surface area contributed by atoms with Gasteiger partial charge in [-0.3, -0.25) is 4.79 Å². The van der Waals surface area contributed by atoms with Gasteiger partial charge in [0.25, 0.3) is 0 Å². The van der Waals surface area contributed by atoms with Gasteiger partial charge in [0.2, 0.25) is 10.0 Å². The fourth-order valence-corrected chi connectivity index (χ4v) is 3.38. The van der Waals surface area contributed by atoms with Gasteiger partial charge < -0.3 is 0 Å². The monoisotopic (exact) mass is 295 g/mol. The van der Waals surface area contributed by atoms with Crippen molar-refractivity contribution in [2.75, 3.05) is 0 Å². The van der Waals surface area contributed by atoms with E-state index in [-0.39, 0.29) is 23.1 Å². The van der Waals surface area contributed by atoms with Crippen molar-refractivity contribution in [3.05, 3.63) is 29.8 Å². The van der Waals surface area contributed by atoms with Gasteiger partial charge >= 0.3 is 0 Å². The minimum absolute atomic E-state index is 0.0339. The maximum Gasteiger partial charge on any atom is 0.241 e. The second kappa shape index (κ2) is 5.30. The smallest absolute Gasteiger partial charge is 0.241 e. The third kappa shape index (κ3) is 3.67. The second-order valence-corrected chi connectivity index (χ2v) is 8.04. The Morgan fingerprint density at radius 1 is 1.25 bits per heavy atom. The summed E-state index contributed by atoms with van der Waals surface area (Å²) < 4.78 is 27.3. The number of Topliss-reactive ketones (excluding diaryl/α,β-unsaturated/α-hetero) is 1. The van der Waals surface area contributed by atoms with Crippen LogP contribution in [0.25, 0.3) is 0 Å². The molecule has 0 aromatic heterocycles. The Labute approximate surface area is 120 Å². The lowest BCUT2D eigenvalue weighted by atomic mass is 9.87. The van der Waals surface area contributed by atoms with E-state index in [1.807, 2.05) is 20.8 Å². The van der Waals surface area contributed by atoms with E-state index < -0.39 is 15.4 Å². The van der Waals surface area contributed by atoms with Crippen LogP contribution in [-0.4, -0.2) is 20.2 Å². The van der Waals surface area contributed by atoms with E-state index in [1.54, 1.807) is 24.3 Å². The molecule has 0 saturated heterocycles. The van der Waals surface area contributed by atoms with Gasteiger partial charge in [0.15, 0.2) is 0 Å². The van der Waals surface area contributed by atoms with E-state index in [1.165, 1.54) is 0 Å². The normalized spacial score (nSPS) is 16.1. The Morgan fingerprint density at radius 2 is 1.85 bits per heavy atom. The molecule has 1 aromatic carbocycles. The molecule has 0 amide bonds. The van der Waals surface area contributed by atoms with E-state index in [4.69, 9.17) is 0 Å². The Morgan fingerprint density at radius 3 is 2.40 bits per heavy atom. The molecule has 1 aromatic rings. The van der Waals surface area contributed by atoms with Gasteiger partial charge in [0.05, 0.1) is 4.90 Å². The molecule has 110 valence electrons. The molecular weight excluding hydrogens is 274 g/mol. The fraction of sp³-hybridized carbons (Fsp3) is 0.533. The molecule has 0 unspecified atom stereocenters. The van der Waals surface area contributed by atoms with Crippen LogP contribution in [-0.2, 0) is 21.2 Å². The molecule has 0 atom stereocenters. The zero-order valence-electron chi connectivity index (χ0n) is 12.1. The highest BCUT2D eigenvalue weighted by Crippen LogP contribution is 2.25. The zero-order valence-corrected chi connectivity index (χ0v) is 13.0. The maximum absolute atomic E-state index is 12.3. The number of carbonyl (C=O) groups excluding carboxylic acids is 1. The van der Waals surface area contributed by atoms with Crippen LogP contribution in [0.1, 0.15) is 39.2 Å². The zero-order chi connectivity index (χ0) is 15.0. The molecule has 1 aliphatic carbocycles. The van der Waals surface area contributed by atoms with Gasteiger partial charge in [-0.15, -0.1) is 0 Å². The Balaban J connectivity index is 2.28. The lowest BCUT2D eigenvalue weighted by Gasteiger charge is -2.18. The highest BCUT2D eigenvalue weighted by Gasteiger charge is 2.30. The largest absolute Gasteiger partial charge is 0.299 e. The van der Waals surface area contributed by atoms with Gasteiger partial charge in [0.1, 0.15) is 5.78 Å². The molecule has 1 N–H and O–H groups in total. The number of sulfonamides is 1. The third-order valence-electron chi connectivity index (χ3n) is 3.35. The van der Waals surface area contributed by atoms with Crippen molar-refractivity contribution in [2.45, 2.75) is 51.0 Å². The summed E-state index contributed by atoms with van der Waals surface area (Å²) in [6, 6.07) is 6.79. The van der Waals surface area contributed by atoms with E-state index in [0.29, 0.717) is 5.56 Å². The molecule has 1 aliphatic rings. The standard InChI is InChI=1S/C15H21NO3S/c1-15(2,3)14(17)10-11-6-4-5-7-13(11)20(18,19)16-12-8-9-12/h4-7,12,16H,8-10H2,1-3H3. The van der Waals surface area contributed by atoms with Gasteiger partial charge in [-0.25, -0.2) is 13.1 Å². The van der Waals surface area contributed by atoms with Gasteiger partial charge in [-0.2, -0.15) is 0 Å². The SMILES string of the molecule is CC(C)(C)C(=O)Cc1ccccc1S(=O)(=O)NC1CC1. The fourth-order valence-electron chi connectivity index (χ4n) is 1.83. The van der Waals surface area contributed by atoms with Crippen molar-refractivity contribution in [3.8, 4) is 0 Å². The van der Waals surface area contributed by atoms with Crippen LogP contribution in [0.2, 0.25) is 0 Å². The van der Waals surface area contributed by atoms with Gasteiger partial charge in [-0.1, -0.05) is 39.0 Å². The number of ketones is 1. The number of rotatable bonds is 5. The second-order valence-electron chi connectivity index (χ2n) is 6.35. The van der Waals surface area contributed by atoms with Gasteiger partial charge in [0, 0.05) is 17.9 Å². The maximum atomic E-state index is 12.3. The summed E-state index contributed by atoms with van der Waals surface area (Å²) in [7, 11) is -3.52. The molecule has 2 rings (SSSR count). The molecule has 0 radical (unpaired) electrons. The summed E-state index contributed by atoms with van der Waals surface area (Å²) in [5.74, 6) is 0.0339. The predicted octanol–water partition coefficient (Wildman–Crippen LogP) is 2.29. The number of benzene rings is 1. The van der Waals surface area contributed by atoms with E-state index >= 15 is 0 Å². The summed E-state index contributed by atoms with van der Waals surface area (Å²) in [5, 5.41) is 0. The first kappa shape index (κ1) is 15.2. The minimum atomic E-state index is -3.52. The van der Waals surface area contributed by atoms with Crippen molar-refractivity contribution >= 4 is 15.8 Å². The van der Waals surface area contributed by atoms with Crippen molar-refractivity contribution in [1.29, 1.82) is 0 Å². The van der Waals surface area contributed by atoms with Crippen LogP contribution in [0.15, 0.2) is 29.2 Å². The first-order valence-corrected chi connectivity index (χ1v) is 8.32. The third-order valence-corrected chi connectivity index (χ3v) is 4.97. The van der Waals surface area contributed by atoms with Crippen LogP contribution in [0.5, 0.6) is 0 Å². The summed E-state index contributed by atoms with van der Waals surface area (Å²) in [6.07, 6.45) is 1.93. The van der Waals surface area contributed by atoms with E-state index in [0.717, 1.165) is 12.8 Å². The minimum Gasteiger partial charge on any atom is -0.299 e. The number of hydrogen-bond acceptors (Lipinski definition) is 3. The molecule has 0 heterocycles. The average Bonchev–Trinajstić information content (AvgIpc) is 3.11. The van der Waals surface area contributed by atoms with Crippen molar-refractivity contribution in [2.24, 2.45) is 5.41 Å². The molecular formula is C15H21NO3S. The molecule has 20 heavy (non-hydrogen) atoms. The number of nitrogens with one attached hydrogen (secondary N) is 1. The molecule has 1 saturated carbocycles. The van der Waals surface area contributed by atoms with Crippen LogP contribution in [0.4, 0.5) is 0 Å². The molecule has 0 spiro atoms. The average molecular weight is 295 g/mol. The van der Waals surface area contributed by atoms with Crippen LogP contribution >= 0.6 is 0 Å². The lowest BCUT2D eigenvalue weighted by Crippen LogP contribution is -2.28. The summed E-state index contributed by atoms with van der Waals surface area (Å²) >= 11 is 0. The van der Waals surface area contributed by atoms with Crippen molar-refractivity contribution in [3.63, 3.8) is 0 Å². The van der Waals surface area contributed by atoms with E-state index in [9.17, 15) is 13.2 Å². The first-order chi connectivity index (χ1) is 9.20. The number of hydrogen-bond donors (Lipinski definition) is 1. The Kier molecular flexibility index (Phi) is 4.02. The van der Waals surface area contributed by atoms with Crippen LogP contribution < -0.4 is 4.72 Å². The topological polar surface area (TPSA) is 63.2 Å². The predicted molar refractivity (Wildman–Crippen MR) is 78.0 cm³/mol. The van der Waals surface area contributed by atoms with Gasteiger partial charge in [-0.05, 0) is 24.5 Å². The first-order valence-electron chi connectivity index (χ1n) is 6.84. The number of carbonyl (C=O) groups is 1. The summed E-state index contributed by atoms with van der Waals surface area (Å²) in [4.78, 5) is 12.4. The van der Waals surface area contributed by atoms with Crippen molar-refractivity contribution in [1.82, 2.24) is 4.72 Å². The lowest BCUT2D eigenvalue weighted by molar-refractivity contribution is -0.125. The quantitative estimate of drug-likeness (QED) is 0.906. The molecule has 0 bridgehead atoms. The molecule has 1 fully saturated rings. The van der Waals surface area contributed by atoms with Crippen LogP contribution in [0, 0.1) is 5.41 Å². The molecule has 4 nitrogen and oxygen atoms in total. The summed E-state index contributed by atoms with van der Waals surface area (Å²) in [6.45, 7) is 5.53. The van der Waals surface area contributed by atoms with Crippen molar-refractivity contribution < 1.29 is 13.2 Å². The van der Waals surface area contributed by atoms with Crippen LogP contribution in [0.3, 0.4) is 0 Å². The van der Waals surface area contributed by atoms with E-state index in [2.05, 4.69) is 4.72 Å². The highest BCUT2D eigenvalue weighted by molar-refractivity contribution is 7.89.